The van der Waals surface area contributed by atoms with Gasteiger partial charge in [-0.3, -0.25) is 9.59 Å². The Balaban J connectivity index is 1.38. The number of amides is 2. The monoisotopic (exact) mass is 583 g/mol. The minimum atomic E-state index is -0.411. The predicted octanol–water partition coefficient (Wildman–Crippen LogP) is 8.73. The number of benzene rings is 4. The summed E-state index contributed by atoms with van der Waals surface area (Å²) in [5.41, 5.74) is 2.14. The molecule has 35 heavy (non-hydrogen) atoms. The quantitative estimate of drug-likeness (QED) is 0.220. The number of rotatable bonds is 5. The van der Waals surface area contributed by atoms with Crippen LogP contribution in [0.1, 0.15) is 11.1 Å². The Morgan fingerprint density at radius 2 is 1.71 bits per heavy atom. The number of fused-ring (bicyclic) bond motifs is 1. The fourth-order valence-corrected chi connectivity index (χ4v) is 5.84. The van der Waals surface area contributed by atoms with Crippen LogP contribution in [0.3, 0.4) is 0 Å². The molecule has 5 rings (SSSR count). The smallest absolute Gasteiger partial charge is 0.298 e. The third-order valence-corrected chi connectivity index (χ3v) is 7.40. The highest BCUT2D eigenvalue weighted by molar-refractivity contribution is 9.10. The molecule has 0 N–H and O–H groups in total. The van der Waals surface area contributed by atoms with Gasteiger partial charge in [0.1, 0.15) is 6.61 Å². The van der Waals surface area contributed by atoms with Gasteiger partial charge in [0.2, 0.25) is 0 Å². The van der Waals surface area contributed by atoms with E-state index in [2.05, 4.69) is 34.1 Å². The molecule has 1 aliphatic rings. The molecule has 0 aliphatic carbocycles. The molecule has 1 heterocycles. The molecule has 1 fully saturated rings. The molecule has 4 nitrogen and oxygen atoms in total. The zero-order chi connectivity index (χ0) is 24.5. The van der Waals surface area contributed by atoms with Crippen LogP contribution in [0.5, 0.6) is 5.75 Å². The first-order valence-corrected chi connectivity index (χ1v) is 12.9. The molecule has 8 heteroatoms. The van der Waals surface area contributed by atoms with Gasteiger partial charge in [0.05, 0.1) is 20.1 Å². The Hall–Kier alpha value is -2.77. The fraction of sp³-hybridized carbons (Fsp3) is 0.0370. The van der Waals surface area contributed by atoms with Gasteiger partial charge in [-0.2, -0.15) is 0 Å². The second kappa shape index (κ2) is 10.1. The number of nitrogens with zero attached hydrogens (tertiary/aromatic N) is 1. The first kappa shape index (κ1) is 23.9. The van der Waals surface area contributed by atoms with Gasteiger partial charge in [0.15, 0.2) is 5.75 Å². The van der Waals surface area contributed by atoms with Crippen LogP contribution < -0.4 is 9.64 Å². The SMILES string of the molecule is O=C1S/C(=C/c2cc(Cl)c(OCc3cccc4ccccc34)c(Br)c2)C(=O)N1c1cccc(Cl)c1. The van der Waals surface area contributed by atoms with Gasteiger partial charge < -0.3 is 4.74 Å². The normalized spacial score (nSPS) is 14.8. The average Bonchev–Trinajstić information content (AvgIpc) is 3.11. The second-order valence-electron chi connectivity index (χ2n) is 7.74. The number of ether oxygens (including phenoxy) is 1. The van der Waals surface area contributed by atoms with E-state index in [-0.39, 0.29) is 5.24 Å². The first-order chi connectivity index (χ1) is 16.9. The van der Waals surface area contributed by atoms with Gasteiger partial charge >= 0.3 is 0 Å². The van der Waals surface area contributed by atoms with Crippen LogP contribution in [0.15, 0.2) is 88.2 Å². The standard InChI is InChI=1S/C27H16BrCl2NO3S/c28-22-11-16(13-24-26(32)31(27(33)35-24)20-9-4-8-19(29)14-20)12-23(30)25(22)34-15-18-7-3-6-17-5-1-2-10-21(17)18/h1-14H,15H2/b24-13+. The van der Waals surface area contributed by atoms with Crippen LogP contribution >= 0.6 is 50.9 Å². The largest absolute Gasteiger partial charge is 0.486 e. The van der Waals surface area contributed by atoms with Crippen molar-refractivity contribution in [2.24, 2.45) is 0 Å². The summed E-state index contributed by atoms with van der Waals surface area (Å²) in [6.45, 7) is 0.345. The van der Waals surface area contributed by atoms with E-state index < -0.39 is 5.91 Å². The lowest BCUT2D eigenvalue weighted by Gasteiger charge is -2.13. The Morgan fingerprint density at radius 3 is 2.51 bits per heavy atom. The molecule has 0 bridgehead atoms. The molecule has 0 atom stereocenters. The van der Waals surface area contributed by atoms with Crippen LogP contribution in [0.4, 0.5) is 10.5 Å². The number of hydrogen-bond donors (Lipinski definition) is 0. The van der Waals surface area contributed by atoms with Crippen LogP contribution in [-0.2, 0) is 11.4 Å². The van der Waals surface area contributed by atoms with Gasteiger partial charge in [-0.1, -0.05) is 71.7 Å². The lowest BCUT2D eigenvalue weighted by Crippen LogP contribution is -2.27. The molecule has 1 saturated heterocycles. The first-order valence-electron chi connectivity index (χ1n) is 10.5. The van der Waals surface area contributed by atoms with Gasteiger partial charge in [0.25, 0.3) is 11.1 Å². The van der Waals surface area contributed by atoms with E-state index in [9.17, 15) is 9.59 Å². The zero-order valence-corrected chi connectivity index (χ0v) is 21.9. The summed E-state index contributed by atoms with van der Waals surface area (Å²) in [5.74, 6) is 0.0922. The summed E-state index contributed by atoms with van der Waals surface area (Å²) in [5, 5.41) is 2.71. The molecule has 174 valence electrons. The molecule has 1 aliphatic heterocycles. The average molecular weight is 585 g/mol. The summed E-state index contributed by atoms with van der Waals surface area (Å²) in [4.78, 5) is 26.9. The van der Waals surface area contributed by atoms with Crippen molar-refractivity contribution in [2.75, 3.05) is 4.90 Å². The number of carbonyl (C=O) groups is 2. The highest BCUT2D eigenvalue weighted by Gasteiger charge is 2.36. The maximum atomic E-state index is 12.9. The molecular weight excluding hydrogens is 569 g/mol. The molecule has 0 unspecified atom stereocenters. The number of anilines is 1. The van der Waals surface area contributed by atoms with Crippen molar-refractivity contribution in [1.29, 1.82) is 0 Å². The third kappa shape index (κ3) is 4.98. The van der Waals surface area contributed by atoms with E-state index in [0.29, 0.717) is 43.0 Å². The summed E-state index contributed by atoms with van der Waals surface area (Å²) >= 11 is 17.0. The summed E-state index contributed by atoms with van der Waals surface area (Å²) in [6, 6.07) is 24.3. The topological polar surface area (TPSA) is 46.6 Å². The van der Waals surface area contributed by atoms with Crippen molar-refractivity contribution in [1.82, 2.24) is 0 Å². The van der Waals surface area contributed by atoms with Crippen molar-refractivity contribution in [2.45, 2.75) is 6.61 Å². The van der Waals surface area contributed by atoms with E-state index in [4.69, 9.17) is 27.9 Å². The summed E-state index contributed by atoms with van der Waals surface area (Å²) in [6.07, 6.45) is 1.64. The maximum absolute atomic E-state index is 12.9. The highest BCUT2D eigenvalue weighted by Crippen LogP contribution is 2.39. The number of hydrogen-bond acceptors (Lipinski definition) is 4. The highest BCUT2D eigenvalue weighted by atomic mass is 79.9. The third-order valence-electron chi connectivity index (χ3n) is 5.43. The van der Waals surface area contributed by atoms with Gasteiger partial charge in [0, 0.05) is 5.02 Å². The Kier molecular flexibility index (Phi) is 6.89. The number of thioether (sulfide) groups is 1. The van der Waals surface area contributed by atoms with Gasteiger partial charge in [-0.15, -0.1) is 0 Å². The molecule has 0 spiro atoms. The Labute approximate surface area is 224 Å². The van der Waals surface area contributed by atoms with E-state index in [1.807, 2.05) is 24.3 Å². The molecule has 4 aromatic carbocycles. The lowest BCUT2D eigenvalue weighted by molar-refractivity contribution is -0.113. The van der Waals surface area contributed by atoms with Crippen molar-refractivity contribution in [3.05, 3.63) is 109 Å². The Bertz CT molecular complexity index is 1490. The van der Waals surface area contributed by atoms with E-state index in [1.165, 1.54) is 0 Å². The fourth-order valence-electron chi connectivity index (χ4n) is 3.83. The van der Waals surface area contributed by atoms with Crippen LogP contribution in [0, 0.1) is 0 Å². The molecule has 0 aromatic heterocycles. The zero-order valence-electron chi connectivity index (χ0n) is 18.0. The molecule has 4 aromatic rings. The molecule has 2 amide bonds. The van der Waals surface area contributed by atoms with Crippen LogP contribution in [-0.4, -0.2) is 11.1 Å². The lowest BCUT2D eigenvalue weighted by atomic mass is 10.1. The van der Waals surface area contributed by atoms with Crippen molar-refractivity contribution < 1.29 is 14.3 Å². The predicted molar refractivity (Wildman–Crippen MR) is 147 cm³/mol. The second-order valence-corrected chi connectivity index (χ2v) is 10.4. The molecule has 0 saturated carbocycles. The van der Waals surface area contributed by atoms with Crippen molar-refractivity contribution in [3.63, 3.8) is 0 Å². The summed E-state index contributed by atoms with van der Waals surface area (Å²) < 4.78 is 6.71. The molecule has 0 radical (unpaired) electrons. The molecular formula is C27H16BrCl2NO3S. The minimum absolute atomic E-state index is 0.294. The van der Waals surface area contributed by atoms with Gasteiger partial charge in [-0.25, -0.2) is 4.90 Å². The maximum Gasteiger partial charge on any atom is 0.298 e. The van der Waals surface area contributed by atoms with E-state index in [0.717, 1.165) is 33.0 Å². The number of imide groups is 1. The number of halogens is 3. The van der Waals surface area contributed by atoms with Crippen molar-refractivity contribution in [3.8, 4) is 5.75 Å². The number of carbonyl (C=O) groups excluding carboxylic acids is 2. The Morgan fingerprint density at radius 1 is 0.943 bits per heavy atom. The van der Waals surface area contributed by atoms with Crippen LogP contribution in [0.2, 0.25) is 10.0 Å². The van der Waals surface area contributed by atoms with Gasteiger partial charge in [-0.05, 0) is 86.0 Å². The minimum Gasteiger partial charge on any atom is -0.486 e. The van der Waals surface area contributed by atoms with Crippen LogP contribution in [0.25, 0.3) is 16.8 Å². The van der Waals surface area contributed by atoms with E-state index >= 15 is 0 Å². The van der Waals surface area contributed by atoms with Crippen molar-refractivity contribution >= 4 is 84.6 Å². The van der Waals surface area contributed by atoms with E-state index in [1.54, 1.807) is 42.5 Å². The summed E-state index contributed by atoms with van der Waals surface area (Å²) in [7, 11) is 0.